The largest absolute Gasteiger partial charge is 0.406 e. The molecule has 1 saturated heterocycles. The monoisotopic (exact) mass is 174 g/mol. The quantitative estimate of drug-likeness (QED) is 0.561. The highest BCUT2D eigenvalue weighted by atomic mass is 28.4. The minimum Gasteiger partial charge on any atom is -0.406 e. The summed E-state index contributed by atoms with van der Waals surface area (Å²) < 4.78 is 5.51. The van der Waals surface area contributed by atoms with Crippen LogP contribution in [0.5, 0.6) is 0 Å². The van der Waals surface area contributed by atoms with E-state index in [0.29, 0.717) is 0 Å². The fraction of sp³-hybridized carbons (Fsp3) is 1.00. The van der Waals surface area contributed by atoms with E-state index >= 15 is 0 Å². The molecule has 1 heterocycles. The lowest BCUT2D eigenvalue weighted by Gasteiger charge is -2.28. The molecule has 1 unspecified atom stereocenters. The predicted octanol–water partition coefficient (Wildman–Crippen LogP) is 0.288. The van der Waals surface area contributed by atoms with Gasteiger partial charge in [0.05, 0.1) is 0 Å². The van der Waals surface area contributed by atoms with Gasteiger partial charge in [0.2, 0.25) is 0 Å². The first kappa shape index (κ1) is 9.19. The highest BCUT2D eigenvalue weighted by Gasteiger charge is 2.27. The predicted molar refractivity (Wildman–Crippen MR) is 48.9 cm³/mol. The second-order valence-corrected chi connectivity index (χ2v) is 6.94. The zero-order valence-electron chi connectivity index (χ0n) is 7.44. The summed E-state index contributed by atoms with van der Waals surface area (Å²) >= 11 is 0. The molecule has 0 aromatic rings. The van der Waals surface area contributed by atoms with Crippen LogP contribution in [0, 0.1) is 0 Å². The van der Waals surface area contributed by atoms with Gasteiger partial charge in [0.1, 0.15) is 0 Å². The zero-order valence-corrected chi connectivity index (χ0v) is 8.44. The van der Waals surface area contributed by atoms with Gasteiger partial charge >= 0.3 is 0 Å². The first-order chi connectivity index (χ1) is 5.27. The van der Waals surface area contributed by atoms with Gasteiger partial charge < -0.3 is 14.7 Å². The molecule has 1 atom stereocenters. The fourth-order valence-electron chi connectivity index (χ4n) is 1.35. The van der Waals surface area contributed by atoms with Crippen LogP contribution in [0.3, 0.4) is 0 Å². The number of rotatable bonds is 1. The molecule has 4 heteroatoms. The fourth-order valence-corrected chi connectivity index (χ4v) is 3.38. The standard InChI is InChI=1S/C7H18N2OSi/c1-10-11(2)7-3-4-8-5-6-9-11/h8-9H,3-7H2,1-2H3. The van der Waals surface area contributed by atoms with Crippen molar-refractivity contribution in [3.63, 3.8) is 0 Å². The molecule has 1 rings (SSSR count). The maximum atomic E-state index is 5.51. The van der Waals surface area contributed by atoms with E-state index in [1.54, 1.807) is 0 Å². The van der Waals surface area contributed by atoms with Crippen molar-refractivity contribution in [2.24, 2.45) is 0 Å². The Balaban J connectivity index is 2.37. The van der Waals surface area contributed by atoms with Crippen LogP contribution in [0.25, 0.3) is 0 Å². The Kier molecular flexibility index (Phi) is 3.51. The van der Waals surface area contributed by atoms with Gasteiger partial charge in [-0.2, -0.15) is 0 Å². The van der Waals surface area contributed by atoms with Crippen LogP contribution in [0.1, 0.15) is 6.42 Å². The molecule has 3 nitrogen and oxygen atoms in total. The van der Waals surface area contributed by atoms with Gasteiger partial charge in [-0.05, 0) is 25.6 Å². The van der Waals surface area contributed by atoms with Crippen molar-refractivity contribution in [3.8, 4) is 0 Å². The highest BCUT2D eigenvalue weighted by Crippen LogP contribution is 2.09. The average molecular weight is 174 g/mol. The Hall–Kier alpha value is 0.0969. The van der Waals surface area contributed by atoms with Crippen molar-refractivity contribution >= 4 is 8.48 Å². The molecule has 0 spiro atoms. The molecule has 0 bridgehead atoms. The maximum Gasteiger partial charge on any atom is 0.265 e. The van der Waals surface area contributed by atoms with Crippen LogP contribution >= 0.6 is 0 Å². The van der Waals surface area contributed by atoms with Crippen molar-refractivity contribution in [3.05, 3.63) is 0 Å². The maximum absolute atomic E-state index is 5.51. The molecule has 2 N–H and O–H groups in total. The Labute approximate surface area is 69.7 Å². The Bertz CT molecular complexity index is 113. The van der Waals surface area contributed by atoms with Crippen LogP contribution in [-0.4, -0.2) is 35.2 Å². The third kappa shape index (κ3) is 2.90. The minimum atomic E-state index is -1.48. The number of hydrogen-bond acceptors (Lipinski definition) is 3. The van der Waals surface area contributed by atoms with Crippen LogP contribution in [-0.2, 0) is 4.43 Å². The first-order valence-corrected chi connectivity index (χ1v) is 6.89. The molecule has 1 aliphatic rings. The van der Waals surface area contributed by atoms with Crippen molar-refractivity contribution in [1.29, 1.82) is 0 Å². The van der Waals surface area contributed by atoms with E-state index in [1.165, 1.54) is 12.5 Å². The van der Waals surface area contributed by atoms with Crippen molar-refractivity contribution in [1.82, 2.24) is 10.3 Å². The summed E-state index contributed by atoms with van der Waals surface area (Å²) in [6.07, 6.45) is 1.24. The van der Waals surface area contributed by atoms with Crippen LogP contribution in [0.15, 0.2) is 0 Å². The minimum absolute atomic E-state index is 1.05. The van der Waals surface area contributed by atoms with E-state index in [0.717, 1.165) is 19.6 Å². The van der Waals surface area contributed by atoms with Crippen LogP contribution in [0.4, 0.5) is 0 Å². The smallest absolute Gasteiger partial charge is 0.265 e. The summed E-state index contributed by atoms with van der Waals surface area (Å²) in [4.78, 5) is 3.50. The van der Waals surface area contributed by atoms with E-state index in [4.69, 9.17) is 4.43 Å². The Morgan fingerprint density at radius 1 is 1.27 bits per heavy atom. The summed E-state index contributed by atoms with van der Waals surface area (Å²) in [7, 11) is 0.345. The van der Waals surface area contributed by atoms with Crippen LogP contribution < -0.4 is 10.3 Å². The van der Waals surface area contributed by atoms with Gasteiger partial charge in [0.15, 0.2) is 0 Å². The first-order valence-electron chi connectivity index (χ1n) is 4.28. The third-order valence-corrected chi connectivity index (χ3v) is 5.47. The average Bonchev–Trinajstić information content (AvgIpc) is 1.98. The van der Waals surface area contributed by atoms with Gasteiger partial charge in [-0.1, -0.05) is 0 Å². The molecule has 11 heavy (non-hydrogen) atoms. The molecule has 66 valence electrons. The number of nitrogens with one attached hydrogen (secondary N) is 2. The van der Waals surface area contributed by atoms with Gasteiger partial charge in [-0.25, -0.2) is 0 Å². The lowest BCUT2D eigenvalue weighted by Crippen LogP contribution is -2.53. The summed E-state index contributed by atoms with van der Waals surface area (Å²) in [5, 5.41) is 3.35. The molecular formula is C7H18N2OSi. The third-order valence-electron chi connectivity index (χ3n) is 2.26. The molecule has 0 aromatic heterocycles. The second kappa shape index (κ2) is 4.20. The Morgan fingerprint density at radius 3 is 2.82 bits per heavy atom. The summed E-state index contributed by atoms with van der Waals surface area (Å²) in [5.74, 6) is 0. The van der Waals surface area contributed by atoms with E-state index in [-0.39, 0.29) is 0 Å². The topological polar surface area (TPSA) is 33.3 Å². The van der Waals surface area contributed by atoms with Gasteiger partial charge in [-0.15, -0.1) is 0 Å². The van der Waals surface area contributed by atoms with E-state index in [1.807, 2.05) is 7.11 Å². The van der Waals surface area contributed by atoms with Gasteiger partial charge in [-0.3, -0.25) is 0 Å². The molecule has 0 aliphatic carbocycles. The molecule has 0 saturated carbocycles. The molecular weight excluding hydrogens is 156 g/mol. The summed E-state index contributed by atoms with van der Waals surface area (Å²) in [6, 6.07) is 1.22. The van der Waals surface area contributed by atoms with Crippen molar-refractivity contribution < 1.29 is 4.43 Å². The van der Waals surface area contributed by atoms with Crippen molar-refractivity contribution in [2.75, 3.05) is 26.7 Å². The molecule has 0 amide bonds. The molecule has 0 aromatic carbocycles. The SMILES string of the molecule is CO[Si]1(C)CCCNCCN1. The summed E-state index contributed by atoms with van der Waals surface area (Å²) in [5.41, 5.74) is 0. The summed E-state index contributed by atoms with van der Waals surface area (Å²) in [6.45, 7) is 5.52. The van der Waals surface area contributed by atoms with E-state index in [2.05, 4.69) is 16.8 Å². The van der Waals surface area contributed by atoms with Gasteiger partial charge in [0, 0.05) is 20.2 Å². The van der Waals surface area contributed by atoms with Gasteiger partial charge in [0.25, 0.3) is 8.48 Å². The normalized spacial score (nSPS) is 34.4. The lowest BCUT2D eigenvalue weighted by atomic mass is 10.4. The molecule has 1 aliphatic heterocycles. The lowest BCUT2D eigenvalue weighted by molar-refractivity contribution is 0.376. The second-order valence-electron chi connectivity index (χ2n) is 3.22. The number of hydrogen-bond donors (Lipinski definition) is 2. The zero-order chi connectivity index (χ0) is 8.16. The van der Waals surface area contributed by atoms with E-state index < -0.39 is 8.48 Å². The molecule has 0 radical (unpaired) electrons. The highest BCUT2D eigenvalue weighted by molar-refractivity contribution is 6.69. The van der Waals surface area contributed by atoms with Crippen LogP contribution in [0.2, 0.25) is 12.6 Å². The Morgan fingerprint density at radius 2 is 2.09 bits per heavy atom. The molecule has 1 fully saturated rings. The van der Waals surface area contributed by atoms with Crippen molar-refractivity contribution in [2.45, 2.75) is 19.0 Å². The van der Waals surface area contributed by atoms with E-state index in [9.17, 15) is 0 Å².